The van der Waals surface area contributed by atoms with E-state index >= 15 is 0 Å². The molecule has 0 saturated heterocycles. The number of para-hydroxylation sites is 1. The van der Waals surface area contributed by atoms with Crippen LogP contribution in [0.15, 0.2) is 53.6 Å². The Labute approximate surface area is 160 Å². The lowest BCUT2D eigenvalue weighted by molar-refractivity contribution is -0.361. The monoisotopic (exact) mass is 419 g/mol. The van der Waals surface area contributed by atoms with Crippen molar-refractivity contribution in [3.8, 4) is 11.8 Å². The van der Waals surface area contributed by atoms with Crippen LogP contribution < -0.4 is 10.2 Å². The summed E-state index contributed by atoms with van der Waals surface area (Å²) in [6.45, 7) is 0.0201. The largest absolute Gasteiger partial charge is 0.488 e. The van der Waals surface area contributed by atoms with Crippen molar-refractivity contribution in [3.63, 3.8) is 0 Å². The molecule has 0 radical (unpaired) electrons. The van der Waals surface area contributed by atoms with Crippen LogP contribution in [0, 0.1) is 11.3 Å². The van der Waals surface area contributed by atoms with E-state index in [4.69, 9.17) is 10.00 Å². The molecular formula is C18H12F7N3O. The molecule has 1 N–H and O–H groups in total. The van der Waals surface area contributed by atoms with Gasteiger partial charge in [-0.1, -0.05) is 24.3 Å². The lowest BCUT2D eigenvalue weighted by atomic mass is 10.1. The molecule has 0 aliphatic rings. The van der Waals surface area contributed by atoms with Crippen LogP contribution in [0.2, 0.25) is 0 Å². The van der Waals surface area contributed by atoms with Gasteiger partial charge in [0.25, 0.3) is 0 Å². The average molecular weight is 419 g/mol. The molecule has 0 aliphatic carbocycles. The van der Waals surface area contributed by atoms with E-state index in [1.807, 2.05) is 6.07 Å². The number of alkyl halides is 7. The number of nitriles is 1. The third-order valence-electron chi connectivity index (χ3n) is 3.56. The third-order valence-corrected chi connectivity index (χ3v) is 3.56. The van der Waals surface area contributed by atoms with E-state index in [-0.39, 0.29) is 17.9 Å². The number of benzene rings is 2. The smallest absolute Gasteiger partial charge is 0.462 e. The molecule has 0 amide bonds. The van der Waals surface area contributed by atoms with Crippen molar-refractivity contribution >= 4 is 6.21 Å². The summed E-state index contributed by atoms with van der Waals surface area (Å²) in [5.74, 6) is -6.20. The van der Waals surface area contributed by atoms with E-state index in [1.54, 1.807) is 24.3 Å². The van der Waals surface area contributed by atoms with Crippen molar-refractivity contribution in [1.29, 1.82) is 5.26 Å². The molecule has 0 aliphatic heterocycles. The van der Waals surface area contributed by atoms with Gasteiger partial charge in [-0.25, -0.2) is 5.43 Å². The number of halogens is 7. The van der Waals surface area contributed by atoms with E-state index < -0.39 is 18.1 Å². The highest BCUT2D eigenvalue weighted by atomic mass is 19.4. The van der Waals surface area contributed by atoms with E-state index in [1.165, 1.54) is 24.3 Å². The number of rotatable bonds is 7. The maximum atomic E-state index is 13.2. The minimum atomic E-state index is -6.46. The highest BCUT2D eigenvalue weighted by molar-refractivity contribution is 5.83. The summed E-state index contributed by atoms with van der Waals surface area (Å²) < 4.78 is 93.8. The van der Waals surface area contributed by atoms with Gasteiger partial charge < -0.3 is 4.74 Å². The van der Waals surface area contributed by atoms with Crippen LogP contribution in [0.4, 0.5) is 30.7 Å². The zero-order valence-electron chi connectivity index (χ0n) is 14.4. The molecule has 11 heteroatoms. The van der Waals surface area contributed by atoms with Crippen LogP contribution in [0.1, 0.15) is 16.7 Å². The summed E-state index contributed by atoms with van der Waals surface area (Å²) in [6, 6.07) is 8.39. The van der Waals surface area contributed by atoms with Crippen LogP contribution >= 0.6 is 0 Å². The molecule has 0 spiro atoms. The Hall–Kier alpha value is -3.29. The van der Waals surface area contributed by atoms with Crippen molar-refractivity contribution in [3.05, 3.63) is 65.2 Å². The second-order valence-electron chi connectivity index (χ2n) is 5.65. The fourth-order valence-corrected chi connectivity index (χ4v) is 1.99. The van der Waals surface area contributed by atoms with E-state index in [2.05, 4.69) is 5.10 Å². The van der Waals surface area contributed by atoms with E-state index in [0.717, 1.165) is 0 Å². The molecular weight excluding hydrogens is 407 g/mol. The predicted octanol–water partition coefficient (Wildman–Crippen LogP) is 4.85. The molecule has 0 bridgehead atoms. The van der Waals surface area contributed by atoms with Gasteiger partial charge in [0.2, 0.25) is 0 Å². The predicted molar refractivity (Wildman–Crippen MR) is 88.6 cm³/mol. The topological polar surface area (TPSA) is 57.4 Å². The Morgan fingerprint density at radius 2 is 1.59 bits per heavy atom. The minimum Gasteiger partial charge on any atom is -0.488 e. The van der Waals surface area contributed by atoms with Crippen molar-refractivity contribution in [2.24, 2.45) is 5.10 Å². The number of nitrogens with zero attached hydrogens (tertiary/aromatic N) is 2. The van der Waals surface area contributed by atoms with Crippen molar-refractivity contribution in [1.82, 2.24) is 5.43 Å². The Morgan fingerprint density at radius 3 is 2.17 bits per heavy atom. The molecule has 0 aromatic heterocycles. The molecule has 154 valence electrons. The lowest BCUT2D eigenvalue weighted by Crippen LogP contribution is -2.58. The number of hydrogen-bond donors (Lipinski definition) is 1. The van der Waals surface area contributed by atoms with Crippen molar-refractivity contribution in [2.45, 2.75) is 24.8 Å². The van der Waals surface area contributed by atoms with Gasteiger partial charge in [0.15, 0.2) is 0 Å². The van der Waals surface area contributed by atoms with Gasteiger partial charge in [0, 0.05) is 5.56 Å². The summed E-state index contributed by atoms with van der Waals surface area (Å²) >= 11 is 0. The normalized spacial score (nSPS) is 12.6. The Kier molecular flexibility index (Phi) is 6.36. The maximum absolute atomic E-state index is 13.2. The highest BCUT2D eigenvalue weighted by Gasteiger charge is 2.73. The fourth-order valence-electron chi connectivity index (χ4n) is 1.99. The van der Waals surface area contributed by atoms with Gasteiger partial charge in [0.05, 0.1) is 17.8 Å². The molecule has 2 aromatic rings. The van der Waals surface area contributed by atoms with Crippen LogP contribution in [-0.2, 0) is 6.61 Å². The third kappa shape index (κ3) is 5.16. The van der Waals surface area contributed by atoms with E-state index in [0.29, 0.717) is 22.8 Å². The second kappa shape index (κ2) is 8.38. The van der Waals surface area contributed by atoms with E-state index in [9.17, 15) is 30.7 Å². The molecule has 0 fully saturated rings. The van der Waals surface area contributed by atoms with Crippen LogP contribution in [0.3, 0.4) is 0 Å². The van der Waals surface area contributed by atoms with Gasteiger partial charge in [0.1, 0.15) is 12.4 Å². The second-order valence-corrected chi connectivity index (χ2v) is 5.65. The molecule has 0 atom stereocenters. The van der Waals surface area contributed by atoms with Gasteiger partial charge in [-0.15, -0.1) is 0 Å². The summed E-state index contributed by atoms with van der Waals surface area (Å²) in [4.78, 5) is 0. The quantitative estimate of drug-likeness (QED) is 0.302. The number of nitrogens with one attached hydrogen (secondary N) is 1. The fraction of sp³-hybridized carbons (Fsp3) is 0.222. The average Bonchev–Trinajstić information content (AvgIpc) is 2.66. The number of hydrogen-bond acceptors (Lipinski definition) is 4. The van der Waals surface area contributed by atoms with Crippen molar-refractivity contribution < 1.29 is 35.5 Å². The van der Waals surface area contributed by atoms with Gasteiger partial charge >= 0.3 is 18.1 Å². The Balaban J connectivity index is 2.09. The first-order chi connectivity index (χ1) is 13.5. The molecule has 0 heterocycles. The first kappa shape index (κ1) is 22.0. The first-order valence-corrected chi connectivity index (χ1v) is 7.81. The molecule has 2 aromatic carbocycles. The Morgan fingerprint density at radius 1 is 0.966 bits per heavy atom. The molecule has 0 unspecified atom stereocenters. The highest BCUT2D eigenvalue weighted by Crippen LogP contribution is 2.45. The molecule has 0 saturated carbocycles. The Bertz CT molecular complexity index is 903. The summed E-state index contributed by atoms with van der Waals surface area (Å²) in [6.07, 6.45) is -5.82. The van der Waals surface area contributed by atoms with Crippen LogP contribution in [-0.4, -0.2) is 24.4 Å². The number of hydrazone groups is 1. The zero-order valence-corrected chi connectivity index (χ0v) is 14.4. The van der Waals surface area contributed by atoms with Gasteiger partial charge in [-0.05, 0) is 29.8 Å². The molecule has 4 nitrogen and oxygen atoms in total. The SMILES string of the molecule is N#Cc1ccc(COc2ccccc2/C=N\NC(F)(F)C(F)(F)C(F)(F)F)cc1. The summed E-state index contributed by atoms with van der Waals surface area (Å²) in [5, 5.41) is 11.6. The van der Waals surface area contributed by atoms with Gasteiger partial charge in [-0.2, -0.15) is 41.1 Å². The summed E-state index contributed by atoms with van der Waals surface area (Å²) in [7, 11) is 0. The standard InChI is InChI=1S/C18H12F7N3O/c19-16(20,17(21,22)23)18(24,25)28-27-10-14-3-1-2-4-15(14)29-11-13-7-5-12(9-26)6-8-13/h1-8,10,28H,11H2/b27-10-. The first-order valence-electron chi connectivity index (χ1n) is 7.81. The van der Waals surface area contributed by atoms with Gasteiger partial charge in [-0.3, -0.25) is 0 Å². The maximum Gasteiger partial charge on any atom is 0.462 e. The van der Waals surface area contributed by atoms with Crippen LogP contribution in [0.25, 0.3) is 0 Å². The number of ether oxygens (including phenoxy) is 1. The van der Waals surface area contributed by atoms with Crippen molar-refractivity contribution in [2.75, 3.05) is 0 Å². The molecule has 2 rings (SSSR count). The van der Waals surface area contributed by atoms with Crippen LogP contribution in [0.5, 0.6) is 5.75 Å². The lowest BCUT2D eigenvalue weighted by Gasteiger charge is -2.27. The molecule has 29 heavy (non-hydrogen) atoms. The summed E-state index contributed by atoms with van der Waals surface area (Å²) in [5.41, 5.74) is 1.71. The zero-order chi connectivity index (χ0) is 21.7. The minimum absolute atomic E-state index is 0.0201.